The highest BCUT2D eigenvalue weighted by Crippen LogP contribution is 2.60. The van der Waals surface area contributed by atoms with Gasteiger partial charge in [0.25, 0.3) is 0 Å². The van der Waals surface area contributed by atoms with Gasteiger partial charge in [0.15, 0.2) is 0 Å². The van der Waals surface area contributed by atoms with Crippen molar-refractivity contribution in [2.75, 3.05) is 24.7 Å². The van der Waals surface area contributed by atoms with Gasteiger partial charge in [-0.05, 0) is 129 Å². The Hall–Kier alpha value is -1.79. The lowest BCUT2D eigenvalue weighted by Crippen LogP contribution is -2.44. The fourth-order valence-corrected chi connectivity index (χ4v) is 10.6. The van der Waals surface area contributed by atoms with Crippen molar-refractivity contribution < 1.29 is 15.6 Å². The minimum absolute atomic E-state index is 0.154. The SMILES string of the molecule is [2H]CCN(C(=O)Oc1ccc(CCCOc2ccc3c(c2)CC[C@@H]2[C@@H]3CC[C@]3(C)CCC[C@@H]23)cc1)C1CCSSC1. The van der Waals surface area contributed by atoms with Crippen molar-refractivity contribution in [3.05, 3.63) is 59.2 Å². The van der Waals surface area contributed by atoms with Crippen molar-refractivity contribution in [1.82, 2.24) is 4.90 Å². The van der Waals surface area contributed by atoms with Crippen molar-refractivity contribution in [1.29, 1.82) is 0 Å². The number of hydrogen-bond acceptors (Lipinski definition) is 5. The van der Waals surface area contributed by atoms with E-state index in [9.17, 15) is 4.79 Å². The van der Waals surface area contributed by atoms with Gasteiger partial charge >= 0.3 is 6.09 Å². The molecule has 1 aliphatic heterocycles. The van der Waals surface area contributed by atoms with Gasteiger partial charge in [-0.15, -0.1) is 0 Å². The van der Waals surface area contributed by atoms with Crippen molar-refractivity contribution in [2.24, 2.45) is 17.3 Å². The summed E-state index contributed by atoms with van der Waals surface area (Å²) in [5.41, 5.74) is 4.97. The zero-order chi connectivity index (χ0) is 28.2. The van der Waals surface area contributed by atoms with Gasteiger partial charge < -0.3 is 14.4 Å². The Morgan fingerprint density at radius 2 is 1.95 bits per heavy atom. The fraction of sp³-hybridized carbons (Fsp3) is 0.618. The molecule has 0 N–H and O–H groups in total. The molecule has 5 atom stereocenters. The van der Waals surface area contributed by atoms with Crippen LogP contribution in [0, 0.1) is 17.3 Å². The number of benzene rings is 2. The number of carbonyl (C=O) groups excluding carboxylic acids is 1. The third-order valence-corrected chi connectivity index (χ3v) is 12.8. The first-order valence-electron chi connectivity index (χ1n) is 16.1. The molecular weight excluding hydrogens is 535 g/mol. The van der Waals surface area contributed by atoms with Crippen LogP contribution in [-0.2, 0) is 12.8 Å². The standard InChI is InChI=1S/C34H45NO3S2/c1-3-35(26-17-21-39-40-23-26)33(36)38-27-11-8-24(9-12-27)6-5-20-37-28-13-15-29-25(22-28)10-14-31-30(29)16-19-34(2)18-4-7-32(31)34/h8-9,11-13,15,22,26,30-32H,3-7,10,14,16-21,23H2,1-2H3/t26?,30-,31-,32+,34+/m1/s1/i1D. The van der Waals surface area contributed by atoms with Crippen LogP contribution in [0.5, 0.6) is 11.5 Å². The lowest BCUT2D eigenvalue weighted by molar-refractivity contribution is 0.0598. The van der Waals surface area contributed by atoms with Crippen LogP contribution in [0.4, 0.5) is 4.79 Å². The van der Waals surface area contributed by atoms with Crippen LogP contribution in [-0.4, -0.2) is 41.7 Å². The van der Waals surface area contributed by atoms with Crippen molar-refractivity contribution in [3.8, 4) is 11.5 Å². The second-order valence-corrected chi connectivity index (χ2v) is 15.2. The summed E-state index contributed by atoms with van der Waals surface area (Å²) in [6.45, 7) is 3.87. The monoisotopic (exact) mass is 580 g/mol. The van der Waals surface area contributed by atoms with Crippen LogP contribution >= 0.6 is 21.6 Å². The number of hydrogen-bond donors (Lipinski definition) is 0. The van der Waals surface area contributed by atoms with Gasteiger partial charge in [-0.25, -0.2) is 4.79 Å². The van der Waals surface area contributed by atoms with Gasteiger partial charge in [-0.2, -0.15) is 0 Å². The molecule has 0 spiro atoms. The Labute approximate surface area is 250 Å². The molecule has 4 nitrogen and oxygen atoms in total. The molecule has 1 saturated heterocycles. The van der Waals surface area contributed by atoms with Crippen LogP contribution in [0.25, 0.3) is 0 Å². The van der Waals surface area contributed by atoms with Crippen LogP contribution in [0.2, 0.25) is 0 Å². The average Bonchev–Trinajstić information content (AvgIpc) is 3.41. The third-order valence-electron chi connectivity index (χ3n) is 10.3. The summed E-state index contributed by atoms with van der Waals surface area (Å²) in [6.07, 6.45) is 12.2. The molecule has 0 aromatic heterocycles. The second kappa shape index (κ2) is 12.6. The number of ether oxygens (including phenoxy) is 2. The zero-order valence-electron chi connectivity index (χ0n) is 24.9. The molecule has 0 bridgehead atoms. The summed E-state index contributed by atoms with van der Waals surface area (Å²) < 4.78 is 19.5. The highest BCUT2D eigenvalue weighted by atomic mass is 33.1. The number of rotatable bonds is 8. The van der Waals surface area contributed by atoms with Gasteiger partial charge in [0.1, 0.15) is 11.5 Å². The molecular formula is C34H45NO3S2. The zero-order valence-corrected chi connectivity index (χ0v) is 25.6. The molecule has 6 heteroatoms. The highest BCUT2D eigenvalue weighted by molar-refractivity contribution is 8.76. The smallest absolute Gasteiger partial charge is 0.415 e. The molecule has 1 amide bonds. The van der Waals surface area contributed by atoms with Crippen molar-refractivity contribution in [3.63, 3.8) is 0 Å². The predicted molar refractivity (Wildman–Crippen MR) is 168 cm³/mol. The highest BCUT2D eigenvalue weighted by Gasteiger charge is 2.50. The summed E-state index contributed by atoms with van der Waals surface area (Å²) >= 11 is 0. The summed E-state index contributed by atoms with van der Waals surface area (Å²) in [6, 6.07) is 14.9. The summed E-state index contributed by atoms with van der Waals surface area (Å²) in [5, 5.41) is 0. The topological polar surface area (TPSA) is 38.8 Å². The molecule has 1 heterocycles. The van der Waals surface area contributed by atoms with E-state index in [0.29, 0.717) is 24.3 Å². The van der Waals surface area contributed by atoms with Gasteiger partial charge in [-0.1, -0.05) is 53.1 Å². The van der Waals surface area contributed by atoms with E-state index >= 15 is 0 Å². The maximum absolute atomic E-state index is 12.8. The normalized spacial score (nSPS) is 29.5. The Bertz CT molecular complexity index is 1190. The van der Waals surface area contributed by atoms with E-state index < -0.39 is 0 Å². The number of aryl methyl sites for hydroxylation is 2. The minimum atomic E-state index is -0.336. The number of fused-ring (bicyclic) bond motifs is 5. The lowest BCUT2D eigenvalue weighted by Gasteiger charge is -2.49. The van der Waals surface area contributed by atoms with Crippen LogP contribution in [0.15, 0.2) is 42.5 Å². The molecule has 2 saturated carbocycles. The third kappa shape index (κ3) is 6.04. The Balaban J connectivity index is 0.967. The Morgan fingerprint density at radius 1 is 1.07 bits per heavy atom. The maximum Gasteiger partial charge on any atom is 0.415 e. The van der Waals surface area contributed by atoms with E-state index in [1.165, 1.54) is 56.1 Å². The van der Waals surface area contributed by atoms with E-state index in [2.05, 4.69) is 25.1 Å². The van der Waals surface area contributed by atoms with E-state index in [4.69, 9.17) is 10.8 Å². The largest absolute Gasteiger partial charge is 0.494 e. The number of nitrogens with zero attached hydrogens (tertiary/aromatic N) is 1. The van der Waals surface area contributed by atoms with Crippen LogP contribution < -0.4 is 9.47 Å². The fourth-order valence-electron chi connectivity index (χ4n) is 8.11. The molecule has 2 aromatic rings. The number of carbonyl (C=O) groups is 1. The van der Waals surface area contributed by atoms with Crippen LogP contribution in [0.1, 0.15) is 89.2 Å². The molecule has 4 aliphatic rings. The summed E-state index contributed by atoms with van der Waals surface area (Å²) in [5.74, 6) is 6.10. The van der Waals surface area contributed by atoms with Gasteiger partial charge in [0.2, 0.25) is 0 Å². The molecule has 0 radical (unpaired) electrons. The van der Waals surface area contributed by atoms with Gasteiger partial charge in [-0.3, -0.25) is 0 Å². The first-order valence-corrected chi connectivity index (χ1v) is 17.9. The van der Waals surface area contributed by atoms with E-state index in [1.807, 2.05) is 35.1 Å². The Kier molecular flexibility index (Phi) is 8.53. The molecule has 1 unspecified atom stereocenters. The molecule has 216 valence electrons. The quantitative estimate of drug-likeness (QED) is 0.230. The molecule has 3 aliphatic carbocycles. The van der Waals surface area contributed by atoms with Crippen molar-refractivity contribution in [2.45, 2.75) is 90.0 Å². The summed E-state index contributed by atoms with van der Waals surface area (Å²) in [4.78, 5) is 14.6. The van der Waals surface area contributed by atoms with E-state index in [-0.39, 0.29) is 19.0 Å². The average molecular weight is 581 g/mol. The second-order valence-electron chi connectivity index (χ2n) is 12.6. The number of amides is 1. The molecule has 2 aromatic carbocycles. The Morgan fingerprint density at radius 3 is 2.77 bits per heavy atom. The minimum Gasteiger partial charge on any atom is -0.494 e. The molecule has 3 fully saturated rings. The van der Waals surface area contributed by atoms with E-state index in [1.54, 1.807) is 21.3 Å². The first kappa shape index (κ1) is 27.1. The predicted octanol–water partition coefficient (Wildman–Crippen LogP) is 8.92. The maximum atomic E-state index is 12.8. The van der Waals surface area contributed by atoms with Crippen LogP contribution in [0.3, 0.4) is 0 Å². The first-order chi connectivity index (χ1) is 20.0. The van der Waals surface area contributed by atoms with Gasteiger partial charge in [0.05, 0.1) is 6.61 Å². The van der Waals surface area contributed by atoms with E-state index in [0.717, 1.165) is 54.3 Å². The summed E-state index contributed by atoms with van der Waals surface area (Å²) in [7, 11) is 3.65. The molecule has 40 heavy (non-hydrogen) atoms. The lowest BCUT2D eigenvalue weighted by atomic mass is 9.56. The van der Waals surface area contributed by atoms with Gasteiger partial charge in [0, 0.05) is 25.5 Å². The molecule has 6 rings (SSSR count). The van der Waals surface area contributed by atoms with Crippen molar-refractivity contribution >= 4 is 27.7 Å².